The fourth-order valence-electron chi connectivity index (χ4n) is 8.06. The van der Waals surface area contributed by atoms with Gasteiger partial charge >= 0.3 is 17.9 Å². The molecule has 0 spiro atoms. The van der Waals surface area contributed by atoms with Crippen molar-refractivity contribution >= 4 is 17.9 Å². The van der Waals surface area contributed by atoms with Crippen LogP contribution in [0.3, 0.4) is 0 Å². The highest BCUT2D eigenvalue weighted by atomic mass is 16.6. The largest absolute Gasteiger partial charge is 0.462 e. The van der Waals surface area contributed by atoms with Gasteiger partial charge in [0.15, 0.2) is 6.10 Å². The molecule has 0 amide bonds. The molecular weight excluding hydrogens is 769 g/mol. The third-order valence-electron chi connectivity index (χ3n) is 12.2. The monoisotopic (exact) mass is 873 g/mol. The van der Waals surface area contributed by atoms with Crippen LogP contribution in [0.5, 0.6) is 0 Å². The van der Waals surface area contributed by atoms with E-state index in [1.807, 2.05) is 0 Å². The van der Waals surface area contributed by atoms with Crippen molar-refractivity contribution < 1.29 is 28.6 Å². The zero-order valence-corrected chi connectivity index (χ0v) is 41.7. The molecule has 0 aromatic rings. The van der Waals surface area contributed by atoms with Gasteiger partial charge in [0.1, 0.15) is 13.2 Å². The van der Waals surface area contributed by atoms with Gasteiger partial charge in [0.2, 0.25) is 0 Å². The normalized spacial score (nSPS) is 12.1. The third kappa shape index (κ3) is 48.9. The lowest BCUT2D eigenvalue weighted by Gasteiger charge is -2.18. The molecule has 0 aliphatic rings. The van der Waals surface area contributed by atoms with E-state index >= 15 is 0 Å². The lowest BCUT2D eigenvalue weighted by Crippen LogP contribution is -2.30. The molecular formula is C56H104O6. The Morgan fingerprint density at radius 3 is 0.919 bits per heavy atom. The van der Waals surface area contributed by atoms with Crippen molar-refractivity contribution in [1.29, 1.82) is 0 Å². The minimum Gasteiger partial charge on any atom is -0.462 e. The molecule has 0 heterocycles. The van der Waals surface area contributed by atoms with E-state index in [0.717, 1.165) is 77.0 Å². The summed E-state index contributed by atoms with van der Waals surface area (Å²) in [6.45, 7) is 6.61. The first-order valence-corrected chi connectivity index (χ1v) is 27.3. The first kappa shape index (κ1) is 59.9. The van der Waals surface area contributed by atoms with Crippen LogP contribution >= 0.6 is 0 Å². The number of esters is 3. The van der Waals surface area contributed by atoms with E-state index in [1.54, 1.807) is 0 Å². The van der Waals surface area contributed by atoms with E-state index in [4.69, 9.17) is 14.2 Å². The number of carbonyl (C=O) groups is 3. The number of ether oxygens (including phenoxy) is 3. The number of hydrogen-bond donors (Lipinski definition) is 0. The average Bonchev–Trinajstić information content (AvgIpc) is 3.27. The smallest absolute Gasteiger partial charge is 0.306 e. The molecule has 1 unspecified atom stereocenters. The molecule has 0 saturated carbocycles. The number of rotatable bonds is 50. The predicted molar refractivity (Wildman–Crippen MR) is 266 cm³/mol. The Kier molecular flexibility index (Phi) is 49.8. The molecule has 0 bridgehead atoms. The summed E-state index contributed by atoms with van der Waals surface area (Å²) in [5, 5.41) is 0. The summed E-state index contributed by atoms with van der Waals surface area (Å²) in [4.78, 5) is 37.9. The van der Waals surface area contributed by atoms with Gasteiger partial charge in [-0.2, -0.15) is 0 Å². The Bertz CT molecular complexity index is 1000. The average molecular weight is 873 g/mol. The Balaban J connectivity index is 4.20. The summed E-state index contributed by atoms with van der Waals surface area (Å²) in [6, 6.07) is 0. The summed E-state index contributed by atoms with van der Waals surface area (Å²) in [5.41, 5.74) is 0. The molecule has 1 atom stereocenters. The third-order valence-corrected chi connectivity index (χ3v) is 12.2. The fraction of sp³-hybridized carbons (Fsp3) is 0.875. The molecule has 0 aromatic heterocycles. The minimum atomic E-state index is -0.772. The van der Waals surface area contributed by atoms with Crippen LogP contribution < -0.4 is 0 Å². The van der Waals surface area contributed by atoms with E-state index in [9.17, 15) is 14.4 Å². The molecule has 0 radical (unpaired) electrons. The van der Waals surface area contributed by atoms with Gasteiger partial charge in [0, 0.05) is 19.3 Å². The van der Waals surface area contributed by atoms with Gasteiger partial charge in [-0.3, -0.25) is 14.4 Å². The minimum absolute atomic E-state index is 0.0724. The van der Waals surface area contributed by atoms with E-state index < -0.39 is 6.10 Å². The Morgan fingerprint density at radius 1 is 0.323 bits per heavy atom. The molecule has 0 aromatic carbocycles. The van der Waals surface area contributed by atoms with Crippen molar-refractivity contribution in [3.05, 3.63) is 24.3 Å². The lowest BCUT2D eigenvalue weighted by atomic mass is 10.0. The molecule has 0 N–H and O–H groups in total. The number of allylic oxidation sites excluding steroid dienone is 4. The van der Waals surface area contributed by atoms with Gasteiger partial charge < -0.3 is 14.2 Å². The van der Waals surface area contributed by atoms with Crippen molar-refractivity contribution in [2.45, 2.75) is 303 Å². The topological polar surface area (TPSA) is 78.9 Å². The van der Waals surface area contributed by atoms with Crippen molar-refractivity contribution in [3.8, 4) is 0 Å². The van der Waals surface area contributed by atoms with Crippen LogP contribution in [-0.2, 0) is 28.6 Å². The Labute approximate surface area is 385 Å². The quantitative estimate of drug-likeness (QED) is 0.0262. The van der Waals surface area contributed by atoms with E-state index in [1.165, 1.54) is 180 Å². The van der Waals surface area contributed by atoms with Gasteiger partial charge in [0.05, 0.1) is 0 Å². The summed E-state index contributed by atoms with van der Waals surface area (Å²) < 4.78 is 16.8. The van der Waals surface area contributed by atoms with Gasteiger partial charge in [0.25, 0.3) is 0 Å². The highest BCUT2D eigenvalue weighted by Gasteiger charge is 2.19. The summed E-state index contributed by atoms with van der Waals surface area (Å²) in [7, 11) is 0. The van der Waals surface area contributed by atoms with Gasteiger partial charge in [-0.15, -0.1) is 0 Å². The van der Waals surface area contributed by atoms with Gasteiger partial charge in [-0.25, -0.2) is 0 Å². The standard InChI is InChI=1S/C56H104O6/c1-4-7-10-13-16-19-21-23-25-26-27-28-29-30-32-33-35-37-40-43-46-49-55(58)61-52-53(51-60-54(57)48-45-42-39-18-15-12-9-6-3)62-56(59)50-47-44-41-38-36-34-31-24-22-20-17-14-11-8-5-2/h17,20,24,31,53H,4-16,18-19,21-23,25-30,32-52H2,1-3H3/b20-17-,31-24-. The number of unbranched alkanes of at least 4 members (excludes halogenated alkanes) is 35. The maximum atomic E-state index is 12.8. The zero-order chi connectivity index (χ0) is 45.1. The predicted octanol–water partition coefficient (Wildman–Crippen LogP) is 17.9. The van der Waals surface area contributed by atoms with Crippen LogP contribution in [0.25, 0.3) is 0 Å². The molecule has 0 rings (SSSR count). The van der Waals surface area contributed by atoms with Crippen LogP contribution in [0, 0.1) is 0 Å². The van der Waals surface area contributed by atoms with Gasteiger partial charge in [-0.05, 0) is 51.4 Å². The molecule has 0 aliphatic heterocycles. The van der Waals surface area contributed by atoms with E-state index in [-0.39, 0.29) is 31.1 Å². The Hall–Kier alpha value is -2.11. The summed E-state index contributed by atoms with van der Waals surface area (Å²) in [5.74, 6) is -0.875. The first-order chi connectivity index (χ1) is 30.5. The molecule has 0 aliphatic carbocycles. The van der Waals surface area contributed by atoms with Crippen molar-refractivity contribution in [1.82, 2.24) is 0 Å². The van der Waals surface area contributed by atoms with Crippen LogP contribution in [0.1, 0.15) is 297 Å². The zero-order valence-electron chi connectivity index (χ0n) is 41.7. The highest BCUT2D eigenvalue weighted by molar-refractivity contribution is 5.71. The first-order valence-electron chi connectivity index (χ1n) is 27.3. The summed E-state index contributed by atoms with van der Waals surface area (Å²) in [6.07, 6.45) is 58.9. The second kappa shape index (κ2) is 51.5. The second-order valence-electron chi connectivity index (χ2n) is 18.5. The van der Waals surface area contributed by atoms with E-state index in [0.29, 0.717) is 19.3 Å². The molecule has 62 heavy (non-hydrogen) atoms. The molecule has 6 heteroatoms. The van der Waals surface area contributed by atoms with Crippen LogP contribution in [0.15, 0.2) is 24.3 Å². The fourth-order valence-corrected chi connectivity index (χ4v) is 8.06. The Morgan fingerprint density at radius 2 is 0.581 bits per heavy atom. The summed E-state index contributed by atoms with van der Waals surface area (Å²) >= 11 is 0. The maximum Gasteiger partial charge on any atom is 0.306 e. The van der Waals surface area contributed by atoms with E-state index in [2.05, 4.69) is 45.1 Å². The van der Waals surface area contributed by atoms with Crippen LogP contribution in [-0.4, -0.2) is 37.2 Å². The van der Waals surface area contributed by atoms with Gasteiger partial charge in [-0.1, -0.05) is 251 Å². The molecule has 364 valence electrons. The number of carbonyl (C=O) groups excluding carboxylic acids is 3. The maximum absolute atomic E-state index is 12.8. The molecule has 0 fully saturated rings. The van der Waals surface area contributed by atoms with Crippen LogP contribution in [0.4, 0.5) is 0 Å². The van der Waals surface area contributed by atoms with Crippen molar-refractivity contribution in [2.24, 2.45) is 0 Å². The highest BCUT2D eigenvalue weighted by Crippen LogP contribution is 2.17. The van der Waals surface area contributed by atoms with Crippen LogP contribution in [0.2, 0.25) is 0 Å². The molecule has 0 saturated heterocycles. The second-order valence-corrected chi connectivity index (χ2v) is 18.5. The lowest BCUT2D eigenvalue weighted by molar-refractivity contribution is -0.167. The van der Waals surface area contributed by atoms with Crippen molar-refractivity contribution in [2.75, 3.05) is 13.2 Å². The van der Waals surface area contributed by atoms with Crippen molar-refractivity contribution in [3.63, 3.8) is 0 Å². The SMILES string of the molecule is CCCCC/C=C\C/C=C\CCCCCCCC(=O)OC(COC(=O)CCCCCCCCCC)COC(=O)CCCCCCCCCCCCCCCCCCCCCCC. The number of hydrogen-bond acceptors (Lipinski definition) is 6. The molecule has 6 nitrogen and oxygen atoms in total.